The van der Waals surface area contributed by atoms with Crippen molar-refractivity contribution in [2.45, 2.75) is 6.10 Å². The first kappa shape index (κ1) is 7.25. The van der Waals surface area contributed by atoms with Gasteiger partial charge in [0.15, 0.2) is 0 Å². The Morgan fingerprint density at radius 2 is 2.33 bits per heavy atom. The van der Waals surface area contributed by atoms with E-state index < -0.39 is 0 Å². The molecule has 0 aromatic heterocycles. The zero-order valence-electron chi connectivity index (χ0n) is 3.78. The zero-order valence-corrected chi connectivity index (χ0v) is 6.53. The van der Waals surface area contributed by atoms with Crippen LogP contribution in [-0.2, 0) is 4.74 Å². The Hall–Kier alpha value is 1.25. The first-order valence-corrected chi connectivity index (χ1v) is 2.14. The molecule has 0 aromatic rings. The molecule has 0 aromatic carbocycles. The second-order valence-corrected chi connectivity index (χ2v) is 1.42. The van der Waals surface area contributed by atoms with E-state index in [0.29, 0.717) is 12.0 Å². The molecule has 0 N–H and O–H groups in total. The molecule has 1 radical (unpaired) electrons. The van der Waals surface area contributed by atoms with Gasteiger partial charge in [-0.05, 0) is 0 Å². The van der Waals surface area contributed by atoms with Crippen LogP contribution in [0.25, 0.3) is 0 Å². The van der Waals surface area contributed by atoms with Gasteiger partial charge in [-0.25, -0.2) is 0 Å². The van der Waals surface area contributed by atoms with E-state index in [1.807, 2.05) is 0 Å². The van der Waals surface area contributed by atoms with Gasteiger partial charge in [-0.2, -0.15) is 0 Å². The van der Waals surface area contributed by atoms with Crippen LogP contribution in [0.1, 0.15) is 0 Å². The second kappa shape index (κ2) is 3.28. The number of halogens is 1. The van der Waals surface area contributed by atoms with E-state index in [1.54, 1.807) is 0 Å². The first-order valence-electron chi connectivity index (χ1n) is 1.61. The molecule has 0 aliphatic carbocycles. The maximum Gasteiger partial charge on any atom is 0.0944 e. The standard InChI is InChI=1S/C3H5ClO.Na/c4-1-3-2-5-3;/h3H,1-2H2;. The van der Waals surface area contributed by atoms with Crippen molar-refractivity contribution in [2.75, 3.05) is 12.5 Å². The minimum atomic E-state index is 0. The fraction of sp³-hybridized carbons (Fsp3) is 1.00. The number of hydrogen-bond donors (Lipinski definition) is 0. The summed E-state index contributed by atoms with van der Waals surface area (Å²) in [4.78, 5) is 0. The molecule has 0 amide bonds. The van der Waals surface area contributed by atoms with Crippen LogP contribution >= 0.6 is 11.6 Å². The zero-order chi connectivity index (χ0) is 3.70. The summed E-state index contributed by atoms with van der Waals surface area (Å²) < 4.78 is 4.73. The minimum Gasteiger partial charge on any atom is -0.372 e. The van der Waals surface area contributed by atoms with Gasteiger partial charge in [0, 0.05) is 29.6 Å². The van der Waals surface area contributed by atoms with Gasteiger partial charge in [-0.15, -0.1) is 11.6 Å². The van der Waals surface area contributed by atoms with Crippen LogP contribution in [0.2, 0.25) is 0 Å². The van der Waals surface area contributed by atoms with Gasteiger partial charge in [0.2, 0.25) is 0 Å². The maximum atomic E-state index is 5.27. The fourth-order valence-corrected chi connectivity index (χ4v) is 0.335. The van der Waals surface area contributed by atoms with Crippen molar-refractivity contribution in [1.82, 2.24) is 0 Å². The molecule has 1 aliphatic rings. The number of alkyl halides is 1. The second-order valence-electron chi connectivity index (χ2n) is 1.11. The third-order valence-corrected chi connectivity index (χ3v) is 0.919. The summed E-state index contributed by atoms with van der Waals surface area (Å²) in [6, 6.07) is 0. The molecular formula is C3H5ClNaO. The van der Waals surface area contributed by atoms with Gasteiger partial charge in [-0.3, -0.25) is 0 Å². The maximum absolute atomic E-state index is 5.27. The van der Waals surface area contributed by atoms with Gasteiger partial charge >= 0.3 is 0 Å². The summed E-state index contributed by atoms with van der Waals surface area (Å²) in [7, 11) is 0. The quantitative estimate of drug-likeness (QED) is 0.271. The average Bonchev–Trinajstić information content (AvgIpc) is 2.12. The van der Waals surface area contributed by atoms with Crippen LogP contribution in [0.3, 0.4) is 0 Å². The first-order chi connectivity index (χ1) is 2.43. The molecule has 1 rings (SSSR count). The summed E-state index contributed by atoms with van der Waals surface area (Å²) in [5, 5.41) is 0. The summed E-state index contributed by atoms with van der Waals surface area (Å²) in [5.74, 6) is 0.667. The molecular weight excluding hydrogens is 110 g/mol. The fourth-order valence-electron chi connectivity index (χ4n) is 0.157. The Labute approximate surface area is 64.3 Å². The Morgan fingerprint density at radius 1 is 1.83 bits per heavy atom. The summed E-state index contributed by atoms with van der Waals surface area (Å²) in [6.07, 6.45) is 0.400. The normalized spacial score (nSPS) is 28.5. The van der Waals surface area contributed by atoms with Crippen LogP contribution < -0.4 is 0 Å². The third kappa shape index (κ3) is 2.43. The predicted octanol–water partition coefficient (Wildman–Crippen LogP) is 0.243. The SMILES string of the molecule is ClCC1CO1.[Na]. The van der Waals surface area contributed by atoms with Crippen molar-refractivity contribution in [1.29, 1.82) is 0 Å². The molecule has 31 valence electrons. The van der Waals surface area contributed by atoms with E-state index in [4.69, 9.17) is 16.3 Å². The average molecular weight is 116 g/mol. The van der Waals surface area contributed by atoms with E-state index >= 15 is 0 Å². The predicted molar refractivity (Wildman–Crippen MR) is 26.2 cm³/mol. The number of rotatable bonds is 1. The number of ether oxygens (including phenoxy) is 1. The van der Waals surface area contributed by atoms with Crippen LogP contribution in [0.15, 0.2) is 0 Å². The Morgan fingerprint density at radius 3 is 2.33 bits per heavy atom. The van der Waals surface area contributed by atoms with Crippen molar-refractivity contribution < 1.29 is 4.74 Å². The molecule has 0 saturated carbocycles. The van der Waals surface area contributed by atoms with Gasteiger partial charge in [0.05, 0.1) is 18.6 Å². The summed E-state index contributed by atoms with van der Waals surface area (Å²) >= 11 is 5.27. The topological polar surface area (TPSA) is 12.5 Å². The van der Waals surface area contributed by atoms with E-state index in [2.05, 4.69) is 0 Å². The van der Waals surface area contributed by atoms with Crippen molar-refractivity contribution >= 4 is 41.2 Å². The molecule has 1 unspecified atom stereocenters. The molecule has 1 nitrogen and oxygen atoms in total. The Bertz CT molecular complexity index is 37.8. The third-order valence-electron chi connectivity index (χ3n) is 0.574. The minimum absolute atomic E-state index is 0. The molecule has 6 heavy (non-hydrogen) atoms. The molecule has 1 heterocycles. The monoisotopic (exact) mass is 115 g/mol. The molecule has 1 atom stereocenters. The Balaban J connectivity index is 0.000000250. The van der Waals surface area contributed by atoms with E-state index in [-0.39, 0.29) is 29.6 Å². The van der Waals surface area contributed by atoms with Crippen LogP contribution in [0.5, 0.6) is 0 Å². The van der Waals surface area contributed by atoms with Gasteiger partial charge in [0.25, 0.3) is 0 Å². The molecule has 1 saturated heterocycles. The summed E-state index contributed by atoms with van der Waals surface area (Å²) in [5.41, 5.74) is 0. The van der Waals surface area contributed by atoms with E-state index in [0.717, 1.165) is 6.61 Å². The van der Waals surface area contributed by atoms with Crippen LogP contribution in [0, 0.1) is 0 Å². The van der Waals surface area contributed by atoms with Crippen molar-refractivity contribution in [3.05, 3.63) is 0 Å². The van der Waals surface area contributed by atoms with Gasteiger partial charge in [0.1, 0.15) is 0 Å². The molecule has 0 bridgehead atoms. The Kier molecular flexibility index (Phi) is 3.96. The molecule has 0 spiro atoms. The summed E-state index contributed by atoms with van der Waals surface area (Å²) in [6.45, 7) is 0.878. The van der Waals surface area contributed by atoms with Gasteiger partial charge < -0.3 is 4.74 Å². The van der Waals surface area contributed by atoms with Crippen LogP contribution in [0.4, 0.5) is 0 Å². The van der Waals surface area contributed by atoms with Crippen molar-refractivity contribution in [3.8, 4) is 0 Å². The van der Waals surface area contributed by atoms with Crippen LogP contribution in [-0.4, -0.2) is 48.1 Å². The largest absolute Gasteiger partial charge is 0.372 e. The van der Waals surface area contributed by atoms with E-state index in [1.165, 1.54) is 0 Å². The molecule has 3 heteroatoms. The van der Waals surface area contributed by atoms with E-state index in [9.17, 15) is 0 Å². The number of epoxide rings is 1. The molecule has 1 aliphatic heterocycles. The van der Waals surface area contributed by atoms with Crippen molar-refractivity contribution in [2.24, 2.45) is 0 Å². The molecule has 1 fully saturated rings. The smallest absolute Gasteiger partial charge is 0.0944 e. The van der Waals surface area contributed by atoms with Gasteiger partial charge in [-0.1, -0.05) is 0 Å². The number of hydrogen-bond acceptors (Lipinski definition) is 1. The van der Waals surface area contributed by atoms with Crippen molar-refractivity contribution in [3.63, 3.8) is 0 Å².